The molecule has 0 spiro atoms. The van der Waals surface area contributed by atoms with Crippen LogP contribution in [-0.4, -0.2) is 28.9 Å². The molecule has 4 nitrogen and oxygen atoms in total. The number of para-hydroxylation sites is 1. The predicted octanol–water partition coefficient (Wildman–Crippen LogP) is 10.2. The number of aliphatic imine (C=N–C) groups is 1. The highest BCUT2D eigenvalue weighted by molar-refractivity contribution is 6.02. The summed E-state index contributed by atoms with van der Waals surface area (Å²) in [6.07, 6.45) is 23.2. The molecule has 0 saturated heterocycles. The SMILES string of the molecule is CC1(C)C2=C(CCC(N3C(c4ccccc4)=NC4C=CC=CC43)=C2)c2ccc(C3CC4=C(OC5C=CC=CC45)c4c3oc3ccccc43)cc21. The third kappa shape index (κ3) is 3.90. The molecule has 5 unspecified atom stereocenters. The number of furan rings is 1. The van der Waals surface area contributed by atoms with E-state index in [0.717, 1.165) is 53.2 Å². The third-order valence-electron chi connectivity index (χ3n) is 12.2. The summed E-state index contributed by atoms with van der Waals surface area (Å²) in [7, 11) is 0. The third-order valence-corrected chi connectivity index (χ3v) is 12.2. The zero-order chi connectivity index (χ0) is 33.1. The zero-order valence-corrected chi connectivity index (χ0v) is 28.3. The van der Waals surface area contributed by atoms with Crippen molar-refractivity contribution in [3.63, 3.8) is 0 Å². The van der Waals surface area contributed by atoms with Crippen LogP contribution in [0.25, 0.3) is 22.3 Å². The zero-order valence-electron chi connectivity index (χ0n) is 28.3. The van der Waals surface area contributed by atoms with Crippen molar-refractivity contribution in [3.8, 4) is 0 Å². The number of rotatable bonds is 3. The lowest BCUT2D eigenvalue weighted by Crippen LogP contribution is -2.39. The topological polar surface area (TPSA) is 38.0 Å². The normalized spacial score (nSPS) is 27.8. The molecule has 3 heterocycles. The lowest BCUT2D eigenvalue weighted by atomic mass is 9.75. The first-order valence-corrected chi connectivity index (χ1v) is 18.2. The van der Waals surface area contributed by atoms with Gasteiger partial charge in [-0.3, -0.25) is 4.99 Å². The van der Waals surface area contributed by atoms with Gasteiger partial charge in [0, 0.05) is 33.9 Å². The van der Waals surface area contributed by atoms with Crippen LogP contribution in [0.1, 0.15) is 72.6 Å². The van der Waals surface area contributed by atoms with Gasteiger partial charge in [-0.2, -0.15) is 0 Å². The van der Waals surface area contributed by atoms with Gasteiger partial charge in [-0.25, -0.2) is 0 Å². The highest BCUT2D eigenvalue weighted by Crippen LogP contribution is 2.56. The van der Waals surface area contributed by atoms with Gasteiger partial charge in [-0.15, -0.1) is 0 Å². The van der Waals surface area contributed by atoms with Gasteiger partial charge >= 0.3 is 0 Å². The summed E-state index contributed by atoms with van der Waals surface area (Å²) in [6, 6.07) is 26.8. The molecule has 1 aromatic heterocycles. The molecule has 0 radical (unpaired) electrons. The number of amidine groups is 1. The minimum Gasteiger partial charge on any atom is -0.485 e. The fourth-order valence-electron chi connectivity index (χ4n) is 9.81. The van der Waals surface area contributed by atoms with Gasteiger partial charge in [0.15, 0.2) is 0 Å². The molecular weight excluding hydrogens is 613 g/mol. The summed E-state index contributed by atoms with van der Waals surface area (Å²) >= 11 is 0. The fourth-order valence-corrected chi connectivity index (χ4v) is 9.81. The van der Waals surface area contributed by atoms with Crippen molar-refractivity contribution in [1.29, 1.82) is 0 Å². The van der Waals surface area contributed by atoms with E-state index in [1.165, 1.54) is 44.7 Å². The van der Waals surface area contributed by atoms with E-state index in [0.29, 0.717) is 0 Å². The molecule has 0 fully saturated rings. The highest BCUT2D eigenvalue weighted by atomic mass is 16.5. The molecule has 0 amide bonds. The maximum Gasteiger partial charge on any atom is 0.136 e. The van der Waals surface area contributed by atoms with E-state index in [9.17, 15) is 0 Å². The maximum atomic E-state index is 6.75. The van der Waals surface area contributed by atoms with Gasteiger partial charge < -0.3 is 14.1 Å². The van der Waals surface area contributed by atoms with E-state index in [-0.39, 0.29) is 35.4 Å². The van der Waals surface area contributed by atoms with Crippen molar-refractivity contribution in [2.24, 2.45) is 10.9 Å². The summed E-state index contributed by atoms with van der Waals surface area (Å²) in [5.74, 6) is 3.55. The molecule has 50 heavy (non-hydrogen) atoms. The van der Waals surface area contributed by atoms with E-state index in [1.807, 2.05) is 0 Å². The van der Waals surface area contributed by atoms with Crippen molar-refractivity contribution < 1.29 is 9.15 Å². The van der Waals surface area contributed by atoms with Crippen molar-refractivity contribution in [2.45, 2.75) is 62.6 Å². The fraction of sp³-hybridized carbons (Fsp3) is 0.239. The molecule has 7 aliphatic rings. The Hall–Kier alpha value is -5.35. The highest BCUT2D eigenvalue weighted by Gasteiger charge is 2.46. The number of ether oxygens (including phenoxy) is 1. The van der Waals surface area contributed by atoms with E-state index in [2.05, 4.69) is 146 Å². The lowest BCUT2D eigenvalue weighted by molar-refractivity contribution is 0.212. The number of nitrogens with zero attached hydrogens (tertiary/aromatic N) is 2. The van der Waals surface area contributed by atoms with Gasteiger partial charge in [0.25, 0.3) is 0 Å². The number of hydrogen-bond donors (Lipinski definition) is 0. The van der Waals surface area contributed by atoms with Crippen LogP contribution < -0.4 is 0 Å². The van der Waals surface area contributed by atoms with Gasteiger partial charge in [0.05, 0.1) is 17.6 Å². The summed E-state index contributed by atoms with van der Waals surface area (Å²) < 4.78 is 13.4. The second kappa shape index (κ2) is 10.3. The molecule has 2 aliphatic heterocycles. The maximum absolute atomic E-state index is 6.75. The quantitative estimate of drug-likeness (QED) is 0.222. The van der Waals surface area contributed by atoms with Crippen molar-refractivity contribution in [1.82, 2.24) is 4.90 Å². The van der Waals surface area contributed by atoms with Crippen LogP contribution in [0.2, 0.25) is 0 Å². The second-order valence-electron chi connectivity index (χ2n) is 15.2. The van der Waals surface area contributed by atoms with Gasteiger partial charge in [-0.1, -0.05) is 123 Å². The molecule has 4 heteroatoms. The van der Waals surface area contributed by atoms with Crippen LogP contribution in [0.5, 0.6) is 0 Å². The number of hydrogen-bond acceptors (Lipinski definition) is 4. The first-order valence-electron chi connectivity index (χ1n) is 18.2. The Balaban J connectivity index is 0.987. The first-order chi connectivity index (χ1) is 24.5. The van der Waals surface area contributed by atoms with Crippen LogP contribution in [0, 0.1) is 5.92 Å². The molecule has 11 rings (SSSR count). The minimum atomic E-state index is -0.133. The second-order valence-corrected chi connectivity index (χ2v) is 15.2. The Kier molecular flexibility index (Phi) is 5.89. The monoisotopic (exact) mass is 650 g/mol. The number of benzene rings is 3. The van der Waals surface area contributed by atoms with Crippen LogP contribution >= 0.6 is 0 Å². The average Bonchev–Trinajstić information content (AvgIpc) is 3.90. The lowest BCUT2D eigenvalue weighted by Gasteiger charge is -2.34. The van der Waals surface area contributed by atoms with Gasteiger partial charge in [-0.05, 0) is 70.9 Å². The van der Waals surface area contributed by atoms with Crippen molar-refractivity contribution in [3.05, 3.63) is 178 Å². The number of allylic oxidation sites excluding steroid dienone is 8. The van der Waals surface area contributed by atoms with Crippen molar-refractivity contribution >= 4 is 28.1 Å². The van der Waals surface area contributed by atoms with E-state index in [1.54, 1.807) is 0 Å². The molecule has 5 atom stereocenters. The van der Waals surface area contributed by atoms with Crippen LogP contribution in [0.15, 0.2) is 154 Å². The number of fused-ring (bicyclic) bond motifs is 9. The summed E-state index contributed by atoms with van der Waals surface area (Å²) in [5.41, 5.74) is 13.0. The average molecular weight is 651 g/mol. The molecule has 5 aliphatic carbocycles. The molecule has 4 aromatic rings. The van der Waals surface area contributed by atoms with Crippen LogP contribution in [-0.2, 0) is 10.2 Å². The van der Waals surface area contributed by atoms with Gasteiger partial charge in [0.2, 0.25) is 0 Å². The summed E-state index contributed by atoms with van der Waals surface area (Å²) in [4.78, 5) is 7.79. The largest absolute Gasteiger partial charge is 0.485 e. The molecule has 0 bridgehead atoms. The summed E-state index contributed by atoms with van der Waals surface area (Å²) in [6.45, 7) is 4.84. The Morgan fingerprint density at radius 1 is 0.840 bits per heavy atom. The smallest absolute Gasteiger partial charge is 0.136 e. The Bertz CT molecular complexity index is 2390. The summed E-state index contributed by atoms with van der Waals surface area (Å²) in [5, 5.41) is 1.15. The molecular formula is C46H38N2O2. The van der Waals surface area contributed by atoms with Crippen LogP contribution in [0.3, 0.4) is 0 Å². The van der Waals surface area contributed by atoms with Crippen molar-refractivity contribution in [2.75, 3.05) is 0 Å². The van der Waals surface area contributed by atoms with E-state index < -0.39 is 0 Å². The van der Waals surface area contributed by atoms with Crippen LogP contribution in [0.4, 0.5) is 0 Å². The molecule has 0 N–H and O–H groups in total. The Morgan fingerprint density at radius 2 is 1.66 bits per heavy atom. The standard InChI is InChI=1S/C46H38N2O2/c1-46(2)36-24-28(34-26-35-32-14-6-10-18-40(32)49-44(35)42-33-15-7-11-19-41(33)50-43(34)42)20-22-30(36)31-23-21-29(25-37(31)46)48-39-17-9-8-16-38(39)47-45(48)27-12-4-3-5-13-27/h3-20,22,24-25,32,34,38-40H,21,23,26H2,1-2H3. The van der Waals surface area contributed by atoms with Gasteiger partial charge in [0.1, 0.15) is 29.0 Å². The Labute approximate surface area is 292 Å². The van der Waals surface area contributed by atoms with E-state index in [4.69, 9.17) is 14.1 Å². The molecule has 3 aromatic carbocycles. The molecule has 244 valence electrons. The first kappa shape index (κ1) is 28.5. The van der Waals surface area contributed by atoms with E-state index >= 15 is 0 Å². The predicted molar refractivity (Wildman–Crippen MR) is 201 cm³/mol. The Morgan fingerprint density at radius 3 is 2.58 bits per heavy atom. The molecule has 0 saturated carbocycles. The minimum absolute atomic E-state index is 0.0552.